The molecule has 0 bridgehead atoms. The van der Waals surface area contributed by atoms with Gasteiger partial charge in [-0.2, -0.15) is 0 Å². The number of benzene rings is 3. The van der Waals surface area contributed by atoms with Crippen LogP contribution in [0.3, 0.4) is 0 Å². The molecular formula is C37H36IrN2OSi-2. The van der Waals surface area contributed by atoms with Crippen LogP contribution in [0.25, 0.3) is 44.5 Å². The molecule has 0 amide bonds. The minimum Gasteiger partial charge on any atom is -0.501 e. The fourth-order valence-electron chi connectivity index (χ4n) is 5.70. The quantitative estimate of drug-likeness (QED) is 0.133. The Kier molecular flexibility index (Phi) is 9.52. The van der Waals surface area contributed by atoms with Crippen LogP contribution in [0.1, 0.15) is 43.6 Å². The average Bonchev–Trinajstić information content (AvgIpc) is 3.41. The van der Waals surface area contributed by atoms with Gasteiger partial charge in [-0.3, -0.25) is 0 Å². The first-order valence-electron chi connectivity index (χ1n) is 14.7. The molecule has 0 spiro atoms. The summed E-state index contributed by atoms with van der Waals surface area (Å²) in [5.74, 6) is 0.736. The van der Waals surface area contributed by atoms with E-state index < -0.39 is 8.07 Å². The van der Waals surface area contributed by atoms with Gasteiger partial charge in [-0.25, -0.2) is 0 Å². The molecule has 1 radical (unpaired) electrons. The molecule has 0 atom stereocenters. The molecule has 1 aliphatic rings. The molecule has 1 aliphatic carbocycles. The maximum absolute atomic E-state index is 6.22. The molecule has 0 N–H and O–H groups in total. The smallest absolute Gasteiger partial charge is 0.120 e. The van der Waals surface area contributed by atoms with Gasteiger partial charge in [-0.05, 0) is 47.8 Å². The maximum Gasteiger partial charge on any atom is 0.120 e. The van der Waals surface area contributed by atoms with Gasteiger partial charge >= 0.3 is 0 Å². The van der Waals surface area contributed by atoms with Crippen molar-refractivity contribution in [3.8, 4) is 22.5 Å². The molecule has 3 aromatic heterocycles. The Labute approximate surface area is 263 Å². The zero-order chi connectivity index (χ0) is 28.2. The van der Waals surface area contributed by atoms with Crippen LogP contribution in [0.5, 0.6) is 0 Å². The fraction of sp³-hybridized carbons (Fsp3) is 0.243. The molecule has 0 aliphatic heterocycles. The van der Waals surface area contributed by atoms with Crippen LogP contribution in [0.4, 0.5) is 0 Å². The second-order valence-corrected chi connectivity index (χ2v) is 17.0. The van der Waals surface area contributed by atoms with Crippen molar-refractivity contribution in [3.63, 3.8) is 0 Å². The Balaban J connectivity index is 0.000000169. The van der Waals surface area contributed by atoms with Crippen LogP contribution in [0, 0.1) is 12.1 Å². The van der Waals surface area contributed by atoms with Crippen LogP contribution >= 0.6 is 0 Å². The molecule has 215 valence electrons. The summed E-state index contributed by atoms with van der Waals surface area (Å²) in [6.45, 7) is 7.05. The molecule has 3 aromatic carbocycles. The second-order valence-electron chi connectivity index (χ2n) is 12.0. The Bertz CT molecular complexity index is 1740. The van der Waals surface area contributed by atoms with Crippen molar-refractivity contribution in [1.82, 2.24) is 9.97 Å². The van der Waals surface area contributed by atoms with Crippen LogP contribution in [0.2, 0.25) is 19.6 Å². The maximum atomic E-state index is 6.22. The molecule has 1 fully saturated rings. The Morgan fingerprint density at radius 1 is 0.762 bits per heavy atom. The third-order valence-electron chi connectivity index (χ3n) is 8.07. The van der Waals surface area contributed by atoms with Gasteiger partial charge in [0.05, 0.1) is 13.7 Å². The molecular weight excluding hydrogens is 709 g/mol. The summed E-state index contributed by atoms with van der Waals surface area (Å²) in [7, 11) is -1.36. The number of pyridine rings is 2. The van der Waals surface area contributed by atoms with Crippen LogP contribution < -0.4 is 5.19 Å². The first kappa shape index (κ1) is 30.1. The van der Waals surface area contributed by atoms with Gasteiger partial charge in [0.15, 0.2) is 0 Å². The molecule has 42 heavy (non-hydrogen) atoms. The van der Waals surface area contributed by atoms with Gasteiger partial charge in [0.2, 0.25) is 0 Å². The zero-order valence-electron chi connectivity index (χ0n) is 24.5. The van der Waals surface area contributed by atoms with E-state index in [0.29, 0.717) is 0 Å². The summed E-state index contributed by atoms with van der Waals surface area (Å²) in [5, 5.41) is 3.70. The number of fused-ring (bicyclic) bond motifs is 3. The fourth-order valence-corrected chi connectivity index (χ4v) is 6.85. The summed E-state index contributed by atoms with van der Waals surface area (Å²) >= 11 is 0. The standard InChI is InChI=1S/C20H18NOSi.C17H18N.Ir/c1-23(2,3)14-10-11-15-16-7-6-8-17(18-9-4-5-12-21-18)20(16)22-19(15)13-14;1-3-7-14(8-4-1)16-11-12-17(18-13-16)15-9-5-2-6-10-15;/h4-7,9-13H,1-3H3;2,5-6,9,11-14H,1,3-4,7-8H2;/q2*-1;. The van der Waals surface area contributed by atoms with E-state index >= 15 is 0 Å². The van der Waals surface area contributed by atoms with E-state index in [1.807, 2.05) is 42.5 Å². The van der Waals surface area contributed by atoms with Crippen LogP contribution in [-0.4, -0.2) is 18.0 Å². The molecule has 0 saturated heterocycles. The van der Waals surface area contributed by atoms with E-state index in [2.05, 4.69) is 90.4 Å². The van der Waals surface area contributed by atoms with E-state index in [0.717, 1.165) is 50.4 Å². The number of hydrogen-bond donors (Lipinski definition) is 0. The van der Waals surface area contributed by atoms with Gasteiger partial charge in [0, 0.05) is 37.9 Å². The van der Waals surface area contributed by atoms with Gasteiger partial charge in [-0.1, -0.05) is 91.4 Å². The van der Waals surface area contributed by atoms with E-state index in [-0.39, 0.29) is 20.1 Å². The molecule has 3 heterocycles. The van der Waals surface area contributed by atoms with Crippen molar-refractivity contribution >= 4 is 35.2 Å². The van der Waals surface area contributed by atoms with Crippen molar-refractivity contribution in [2.75, 3.05) is 0 Å². The monoisotopic (exact) mass is 745 g/mol. The minimum atomic E-state index is -1.36. The summed E-state index contributed by atoms with van der Waals surface area (Å²) < 4.78 is 6.22. The number of hydrogen-bond acceptors (Lipinski definition) is 3. The summed E-state index contributed by atoms with van der Waals surface area (Å²) in [6, 6.07) is 35.5. The topological polar surface area (TPSA) is 38.9 Å². The number of furan rings is 1. The SMILES string of the molecule is C[Si](C)(C)c1ccc2c(c1)oc1c(-c3ccccn3)[c-]ccc12.[Ir].[c-]1ccccc1-c1ccc(C2CCCCC2)cn1. The molecule has 1 saturated carbocycles. The molecule has 3 nitrogen and oxygen atoms in total. The first-order chi connectivity index (χ1) is 20.0. The van der Waals surface area contributed by atoms with Crippen LogP contribution in [-0.2, 0) is 20.1 Å². The van der Waals surface area contributed by atoms with Crippen molar-refractivity contribution in [3.05, 3.63) is 115 Å². The number of rotatable bonds is 4. The van der Waals surface area contributed by atoms with Crippen molar-refractivity contribution in [2.45, 2.75) is 57.7 Å². The molecule has 6 aromatic rings. The van der Waals surface area contributed by atoms with E-state index in [4.69, 9.17) is 4.42 Å². The number of nitrogens with zero attached hydrogens (tertiary/aromatic N) is 2. The third-order valence-corrected chi connectivity index (χ3v) is 10.1. The molecule has 7 rings (SSSR count). The van der Waals surface area contributed by atoms with Crippen molar-refractivity contribution in [1.29, 1.82) is 0 Å². The Hall–Kier alpha value is -3.37. The van der Waals surface area contributed by atoms with Gasteiger partial charge < -0.3 is 14.4 Å². The minimum absolute atomic E-state index is 0. The Morgan fingerprint density at radius 3 is 2.29 bits per heavy atom. The van der Waals surface area contributed by atoms with E-state index in [1.54, 1.807) is 6.20 Å². The second kappa shape index (κ2) is 13.3. The normalized spacial score (nSPS) is 13.8. The largest absolute Gasteiger partial charge is 0.501 e. The predicted molar refractivity (Wildman–Crippen MR) is 173 cm³/mol. The van der Waals surface area contributed by atoms with Gasteiger partial charge in [0.25, 0.3) is 0 Å². The predicted octanol–water partition coefficient (Wildman–Crippen LogP) is 9.59. The average molecular weight is 745 g/mol. The Morgan fingerprint density at radius 2 is 1.60 bits per heavy atom. The van der Waals surface area contributed by atoms with Crippen molar-refractivity contribution in [2.24, 2.45) is 0 Å². The zero-order valence-corrected chi connectivity index (χ0v) is 27.9. The summed E-state index contributed by atoms with van der Waals surface area (Å²) in [4.78, 5) is 9.03. The van der Waals surface area contributed by atoms with Crippen LogP contribution in [0.15, 0.2) is 102 Å². The molecule has 5 heteroatoms. The summed E-state index contributed by atoms with van der Waals surface area (Å²) in [6.07, 6.45) is 10.7. The van der Waals surface area contributed by atoms with Gasteiger partial charge in [-0.15, -0.1) is 54.1 Å². The van der Waals surface area contributed by atoms with E-state index in [9.17, 15) is 0 Å². The third kappa shape index (κ3) is 6.65. The number of aromatic nitrogens is 2. The van der Waals surface area contributed by atoms with Crippen molar-refractivity contribution < 1.29 is 24.5 Å². The van der Waals surface area contributed by atoms with E-state index in [1.165, 1.54) is 42.9 Å². The molecule has 0 unspecified atom stereocenters. The first-order valence-corrected chi connectivity index (χ1v) is 18.2. The van der Waals surface area contributed by atoms with Gasteiger partial charge in [0.1, 0.15) is 5.58 Å². The summed E-state index contributed by atoms with van der Waals surface area (Å²) in [5.41, 5.74) is 7.15.